The molecule has 0 spiro atoms. The van der Waals surface area contributed by atoms with Crippen LogP contribution in [0.1, 0.15) is 54.3 Å². The number of ether oxygens (including phenoxy) is 3. The van der Waals surface area contributed by atoms with Gasteiger partial charge < -0.3 is 25.3 Å². The van der Waals surface area contributed by atoms with Crippen LogP contribution in [0.3, 0.4) is 0 Å². The summed E-state index contributed by atoms with van der Waals surface area (Å²) in [6.07, 6.45) is 1.78. The summed E-state index contributed by atoms with van der Waals surface area (Å²) in [7, 11) is 1.90. The Balaban J connectivity index is 0.000000537. The number of carbonyl (C=O) groups excluding carboxylic acids is 5. The Hall–Kier alpha value is -2.99. The smallest absolute Gasteiger partial charge is 0.229 e. The molecule has 1 aromatic carbocycles. The molecule has 0 aliphatic carbocycles. The third-order valence-corrected chi connectivity index (χ3v) is 4.71. The molecule has 1 fully saturated rings. The number of rotatable bonds is 13. The predicted octanol–water partition coefficient (Wildman–Crippen LogP) is 0.926. The molecule has 1 aliphatic rings. The van der Waals surface area contributed by atoms with Gasteiger partial charge in [0.15, 0.2) is 17.9 Å². The van der Waals surface area contributed by atoms with Crippen LogP contribution in [0.5, 0.6) is 5.75 Å². The van der Waals surface area contributed by atoms with Gasteiger partial charge in [0, 0.05) is 31.0 Å². The highest BCUT2D eigenvalue weighted by atomic mass is 16.5. The zero-order valence-corrected chi connectivity index (χ0v) is 21.6. The molecule has 1 atom stereocenters. The number of hydrogen-bond donors (Lipinski definition) is 3. The molecule has 202 valence electrons. The van der Waals surface area contributed by atoms with Gasteiger partial charge in [0.2, 0.25) is 11.8 Å². The summed E-state index contributed by atoms with van der Waals surface area (Å²) in [5.74, 6) is -0.451. The summed E-state index contributed by atoms with van der Waals surface area (Å²) in [5, 5.41) is 5.24. The Morgan fingerprint density at radius 2 is 1.78 bits per heavy atom. The molecule has 0 radical (unpaired) electrons. The summed E-state index contributed by atoms with van der Waals surface area (Å²) in [6.45, 7) is 8.54. The van der Waals surface area contributed by atoms with Crippen LogP contribution in [0, 0.1) is 5.92 Å². The third kappa shape index (κ3) is 14.4. The highest BCUT2D eigenvalue weighted by Gasteiger charge is 2.21. The van der Waals surface area contributed by atoms with Crippen molar-refractivity contribution in [2.24, 2.45) is 11.7 Å². The van der Waals surface area contributed by atoms with Crippen molar-refractivity contribution in [1.29, 1.82) is 0 Å². The maximum atomic E-state index is 11.4. The lowest BCUT2D eigenvalue weighted by atomic mass is 10.0. The first kappa shape index (κ1) is 33.0. The van der Waals surface area contributed by atoms with Crippen LogP contribution >= 0.6 is 0 Å². The number of piperidine rings is 1. The summed E-state index contributed by atoms with van der Waals surface area (Å²) in [6, 6.07) is 4.74. The second kappa shape index (κ2) is 20.2. The van der Waals surface area contributed by atoms with Gasteiger partial charge in [-0.15, -0.1) is 0 Å². The van der Waals surface area contributed by atoms with E-state index in [4.69, 9.17) is 19.9 Å². The Labute approximate surface area is 212 Å². The number of ketones is 2. The van der Waals surface area contributed by atoms with Crippen LogP contribution in [0.4, 0.5) is 0 Å². The van der Waals surface area contributed by atoms with Crippen molar-refractivity contribution in [2.75, 3.05) is 53.2 Å². The Morgan fingerprint density at radius 1 is 1.11 bits per heavy atom. The zero-order chi connectivity index (χ0) is 27.3. The molecule has 1 aliphatic heterocycles. The normalized spacial score (nSPS) is 14.4. The average molecular weight is 510 g/mol. The van der Waals surface area contributed by atoms with Gasteiger partial charge in [0.1, 0.15) is 12.4 Å². The maximum absolute atomic E-state index is 11.4. The number of amides is 2. The Morgan fingerprint density at radius 3 is 2.28 bits per heavy atom. The van der Waals surface area contributed by atoms with Crippen molar-refractivity contribution in [1.82, 2.24) is 10.6 Å². The van der Waals surface area contributed by atoms with Gasteiger partial charge in [-0.2, -0.15) is 0 Å². The molecule has 0 aromatic heterocycles. The van der Waals surface area contributed by atoms with Gasteiger partial charge in [-0.05, 0) is 33.4 Å². The van der Waals surface area contributed by atoms with Crippen molar-refractivity contribution >= 4 is 29.7 Å². The molecule has 2 amide bonds. The largest absolute Gasteiger partial charge is 0.485 e. The van der Waals surface area contributed by atoms with E-state index >= 15 is 0 Å². The van der Waals surface area contributed by atoms with Crippen molar-refractivity contribution in [3.8, 4) is 5.75 Å². The van der Waals surface area contributed by atoms with Crippen LogP contribution in [0.25, 0.3) is 0 Å². The molecule has 1 unspecified atom stereocenters. The summed E-state index contributed by atoms with van der Waals surface area (Å²) in [5.41, 5.74) is 5.76. The second-order valence-corrected chi connectivity index (χ2v) is 7.74. The molecule has 0 bridgehead atoms. The van der Waals surface area contributed by atoms with Crippen LogP contribution in [-0.4, -0.2) is 82.8 Å². The van der Waals surface area contributed by atoms with E-state index in [9.17, 15) is 24.0 Å². The first-order valence-electron chi connectivity index (χ1n) is 11.7. The number of imide groups is 1. The molecule has 0 saturated carbocycles. The molecule has 11 nitrogen and oxygen atoms in total. The SMILES string of the molecule is CC(=O)c1cccc(OCC=O)c1C(C)=O.CC1CCC(=O)NC1=O.CNCCOCCOCCN. The number of nitrogens with one attached hydrogen (secondary N) is 2. The standard InChI is InChI=1S/C12H12O4.C7H18N2O2.C6H9NO2/c1-8(14)10-4-3-5-11(16-7-6-13)12(10)9(2)15;1-9-3-5-11-7-6-10-4-2-8;1-4-2-3-5(8)7-6(4)9/h3-6H,7H2,1-2H3;9H,2-8H2,1H3;4H,2-3H2,1H3,(H,7,8,9). The third-order valence-electron chi connectivity index (χ3n) is 4.71. The number of likely N-dealkylation sites (N-methyl/N-ethyl adjacent to an activating group) is 1. The lowest BCUT2D eigenvalue weighted by molar-refractivity contribution is -0.135. The lowest BCUT2D eigenvalue weighted by Crippen LogP contribution is -2.39. The topological polar surface area (TPSA) is 163 Å². The summed E-state index contributed by atoms with van der Waals surface area (Å²) >= 11 is 0. The first-order chi connectivity index (χ1) is 17.2. The number of hydrogen-bond acceptors (Lipinski definition) is 10. The first-order valence-corrected chi connectivity index (χ1v) is 11.7. The molecule has 1 saturated heterocycles. The predicted molar refractivity (Wildman–Crippen MR) is 134 cm³/mol. The van der Waals surface area contributed by atoms with Crippen molar-refractivity contribution in [3.63, 3.8) is 0 Å². The number of Topliss-reactive ketones (excluding diaryl/α,β-unsaturated/α-hetero) is 2. The van der Waals surface area contributed by atoms with Crippen molar-refractivity contribution in [3.05, 3.63) is 29.3 Å². The maximum Gasteiger partial charge on any atom is 0.229 e. The Bertz CT molecular complexity index is 837. The minimum atomic E-state index is -0.258. The fourth-order valence-corrected chi connectivity index (χ4v) is 2.81. The van der Waals surface area contributed by atoms with Gasteiger partial charge in [-0.25, -0.2) is 0 Å². The molecule has 1 aromatic rings. The van der Waals surface area contributed by atoms with Crippen LogP contribution in [-0.2, 0) is 23.9 Å². The van der Waals surface area contributed by atoms with Crippen LogP contribution < -0.4 is 21.1 Å². The van der Waals surface area contributed by atoms with E-state index < -0.39 is 0 Å². The highest BCUT2D eigenvalue weighted by molar-refractivity contribution is 6.09. The van der Waals surface area contributed by atoms with Gasteiger partial charge in [-0.3, -0.25) is 29.3 Å². The molecule has 2 rings (SSSR count). The molecule has 1 heterocycles. The van der Waals surface area contributed by atoms with E-state index in [1.807, 2.05) is 14.0 Å². The second-order valence-electron chi connectivity index (χ2n) is 7.74. The van der Waals surface area contributed by atoms with Gasteiger partial charge in [-0.1, -0.05) is 19.1 Å². The lowest BCUT2D eigenvalue weighted by Gasteiger charge is -2.15. The van der Waals surface area contributed by atoms with E-state index in [2.05, 4.69) is 10.6 Å². The van der Waals surface area contributed by atoms with E-state index in [1.165, 1.54) is 13.8 Å². The van der Waals surface area contributed by atoms with E-state index in [1.54, 1.807) is 18.2 Å². The minimum absolute atomic E-state index is 0.0164. The number of carbonyl (C=O) groups is 5. The Kier molecular flexibility index (Phi) is 18.5. The van der Waals surface area contributed by atoms with E-state index in [0.717, 1.165) is 13.2 Å². The van der Waals surface area contributed by atoms with E-state index in [-0.39, 0.29) is 47.2 Å². The summed E-state index contributed by atoms with van der Waals surface area (Å²) < 4.78 is 15.4. The molecule has 4 N–H and O–H groups in total. The highest BCUT2D eigenvalue weighted by Crippen LogP contribution is 2.23. The quantitative estimate of drug-likeness (QED) is 0.151. The molecular weight excluding hydrogens is 470 g/mol. The minimum Gasteiger partial charge on any atom is -0.485 e. The van der Waals surface area contributed by atoms with Crippen molar-refractivity contribution < 1.29 is 38.2 Å². The number of benzene rings is 1. The van der Waals surface area contributed by atoms with Gasteiger partial charge in [0.25, 0.3) is 0 Å². The van der Waals surface area contributed by atoms with E-state index in [0.29, 0.717) is 51.1 Å². The zero-order valence-electron chi connectivity index (χ0n) is 21.6. The fourth-order valence-electron chi connectivity index (χ4n) is 2.81. The molecular formula is C25H39N3O8. The summed E-state index contributed by atoms with van der Waals surface area (Å²) in [4.78, 5) is 54.1. The molecule has 36 heavy (non-hydrogen) atoms. The molecule has 11 heteroatoms. The van der Waals surface area contributed by atoms with Gasteiger partial charge >= 0.3 is 0 Å². The van der Waals surface area contributed by atoms with Crippen LogP contribution in [0.2, 0.25) is 0 Å². The van der Waals surface area contributed by atoms with Gasteiger partial charge in [0.05, 0.1) is 32.0 Å². The van der Waals surface area contributed by atoms with Crippen molar-refractivity contribution in [2.45, 2.75) is 33.6 Å². The average Bonchev–Trinajstić information content (AvgIpc) is 2.85. The monoisotopic (exact) mass is 509 g/mol. The number of aldehydes is 1. The van der Waals surface area contributed by atoms with Crippen LogP contribution in [0.15, 0.2) is 18.2 Å². The fraction of sp³-hybridized carbons (Fsp3) is 0.560. The number of nitrogens with two attached hydrogens (primary N) is 1.